The van der Waals surface area contributed by atoms with Crippen molar-refractivity contribution in [3.8, 4) is 0 Å². The van der Waals surface area contributed by atoms with Crippen LogP contribution in [0.5, 0.6) is 0 Å². The van der Waals surface area contributed by atoms with E-state index in [0.717, 1.165) is 12.1 Å². The second-order valence-corrected chi connectivity index (χ2v) is 4.78. The summed E-state index contributed by atoms with van der Waals surface area (Å²) in [5.41, 5.74) is 8.49. The zero-order valence-electron chi connectivity index (χ0n) is 9.12. The summed E-state index contributed by atoms with van der Waals surface area (Å²) in [6.07, 6.45) is 3.03. The number of nitrogens with zero attached hydrogens (tertiary/aromatic N) is 1. The van der Waals surface area contributed by atoms with E-state index in [1.54, 1.807) is 0 Å². The molecule has 76 valence electrons. The van der Waals surface area contributed by atoms with E-state index in [9.17, 15) is 0 Å². The van der Waals surface area contributed by atoms with E-state index in [1.807, 2.05) is 19.2 Å². The van der Waals surface area contributed by atoms with Gasteiger partial charge in [0.05, 0.1) is 0 Å². The van der Waals surface area contributed by atoms with Crippen molar-refractivity contribution in [2.75, 3.05) is 0 Å². The molecular formula is C12H18N2. The van der Waals surface area contributed by atoms with Crippen LogP contribution in [0.1, 0.15) is 31.5 Å². The summed E-state index contributed by atoms with van der Waals surface area (Å²) in [6.45, 7) is 6.47. The maximum atomic E-state index is 6.32. The van der Waals surface area contributed by atoms with Gasteiger partial charge in [-0.1, -0.05) is 19.9 Å². The fourth-order valence-electron chi connectivity index (χ4n) is 2.21. The lowest BCUT2D eigenvalue weighted by molar-refractivity contribution is 0.487. The molecule has 1 aromatic heterocycles. The molecule has 2 rings (SSSR count). The summed E-state index contributed by atoms with van der Waals surface area (Å²) in [5.74, 6) is 1.30. The van der Waals surface area contributed by atoms with E-state index >= 15 is 0 Å². The molecule has 1 heterocycles. The Morgan fingerprint density at radius 2 is 2.21 bits per heavy atom. The first-order chi connectivity index (χ1) is 6.54. The third kappa shape index (κ3) is 1.44. The highest BCUT2D eigenvalue weighted by molar-refractivity contribution is 5.30. The maximum absolute atomic E-state index is 6.32. The molecule has 1 aliphatic carbocycles. The lowest BCUT2D eigenvalue weighted by Gasteiger charge is -2.13. The van der Waals surface area contributed by atoms with Crippen LogP contribution in [0.4, 0.5) is 0 Å². The van der Waals surface area contributed by atoms with Gasteiger partial charge in [0.1, 0.15) is 0 Å². The van der Waals surface area contributed by atoms with Crippen LogP contribution in [-0.2, 0) is 5.54 Å². The van der Waals surface area contributed by atoms with E-state index in [0.29, 0.717) is 11.8 Å². The van der Waals surface area contributed by atoms with Gasteiger partial charge in [0.25, 0.3) is 0 Å². The monoisotopic (exact) mass is 190 g/mol. The number of rotatable bonds is 2. The van der Waals surface area contributed by atoms with Gasteiger partial charge in [-0.15, -0.1) is 0 Å². The quantitative estimate of drug-likeness (QED) is 0.776. The lowest BCUT2D eigenvalue weighted by atomic mass is 9.99. The number of hydrogen-bond acceptors (Lipinski definition) is 2. The van der Waals surface area contributed by atoms with Gasteiger partial charge in [0.2, 0.25) is 0 Å². The molecule has 0 aliphatic heterocycles. The summed E-state index contributed by atoms with van der Waals surface area (Å²) in [6, 6.07) is 4.16. The minimum atomic E-state index is -0.0884. The second-order valence-electron chi connectivity index (χ2n) is 4.78. The second kappa shape index (κ2) is 3.06. The Morgan fingerprint density at radius 1 is 1.50 bits per heavy atom. The van der Waals surface area contributed by atoms with E-state index in [2.05, 4.69) is 24.9 Å². The fourth-order valence-corrected chi connectivity index (χ4v) is 2.21. The number of aryl methyl sites for hydroxylation is 1. The van der Waals surface area contributed by atoms with E-state index in [1.165, 1.54) is 5.56 Å². The van der Waals surface area contributed by atoms with Gasteiger partial charge < -0.3 is 5.73 Å². The Hall–Kier alpha value is -0.890. The van der Waals surface area contributed by atoms with Crippen LogP contribution in [-0.4, -0.2) is 4.98 Å². The van der Waals surface area contributed by atoms with Gasteiger partial charge >= 0.3 is 0 Å². The minimum Gasteiger partial charge on any atom is -0.321 e. The molecule has 0 amide bonds. The van der Waals surface area contributed by atoms with Gasteiger partial charge in [-0.3, -0.25) is 4.98 Å². The summed E-state index contributed by atoms with van der Waals surface area (Å²) in [7, 11) is 0. The Morgan fingerprint density at radius 3 is 2.64 bits per heavy atom. The van der Waals surface area contributed by atoms with Crippen molar-refractivity contribution in [3.05, 3.63) is 29.6 Å². The smallest absolute Gasteiger partial charge is 0.0460 e. The topological polar surface area (TPSA) is 38.9 Å². The maximum Gasteiger partial charge on any atom is 0.0460 e. The van der Waals surface area contributed by atoms with Crippen LogP contribution in [0.15, 0.2) is 18.3 Å². The van der Waals surface area contributed by atoms with Crippen molar-refractivity contribution in [1.29, 1.82) is 0 Å². The predicted molar refractivity (Wildman–Crippen MR) is 57.8 cm³/mol. The third-order valence-corrected chi connectivity index (χ3v) is 3.31. The van der Waals surface area contributed by atoms with E-state index < -0.39 is 0 Å². The minimum absolute atomic E-state index is 0.0884. The number of nitrogens with two attached hydrogens (primary N) is 1. The van der Waals surface area contributed by atoms with Crippen LogP contribution < -0.4 is 5.73 Å². The highest BCUT2D eigenvalue weighted by Gasteiger charge is 2.53. The molecule has 1 saturated carbocycles. The summed E-state index contributed by atoms with van der Waals surface area (Å²) in [5, 5.41) is 0. The first kappa shape index (κ1) is 9.66. The van der Waals surface area contributed by atoms with Gasteiger partial charge in [0.15, 0.2) is 0 Å². The molecule has 0 aromatic carbocycles. The standard InChI is InChI=1S/C12H18N2/c1-8(2)11-6-12(11,13)10-5-4-9(3)14-7-10/h4-5,7-8,11H,6,13H2,1-3H3. The number of hydrogen-bond donors (Lipinski definition) is 1. The lowest BCUT2D eigenvalue weighted by Crippen LogP contribution is -2.24. The predicted octanol–water partition coefficient (Wildman–Crippen LogP) is 2.22. The SMILES string of the molecule is Cc1ccc(C2(N)CC2C(C)C)cn1. The van der Waals surface area contributed by atoms with Crippen molar-refractivity contribution in [3.63, 3.8) is 0 Å². The molecule has 0 radical (unpaired) electrons. The Labute approximate surface area is 85.5 Å². The largest absolute Gasteiger partial charge is 0.321 e. The van der Waals surface area contributed by atoms with Crippen LogP contribution in [0.2, 0.25) is 0 Å². The van der Waals surface area contributed by atoms with Crippen molar-refractivity contribution >= 4 is 0 Å². The molecule has 2 N–H and O–H groups in total. The molecule has 2 unspecified atom stereocenters. The fraction of sp³-hybridized carbons (Fsp3) is 0.583. The molecule has 14 heavy (non-hydrogen) atoms. The average Bonchev–Trinajstić information content (AvgIpc) is 2.80. The Balaban J connectivity index is 2.21. The van der Waals surface area contributed by atoms with Crippen LogP contribution in [0.25, 0.3) is 0 Å². The molecule has 2 nitrogen and oxygen atoms in total. The van der Waals surface area contributed by atoms with E-state index in [4.69, 9.17) is 5.73 Å². The van der Waals surface area contributed by atoms with Crippen molar-refractivity contribution in [2.24, 2.45) is 17.6 Å². The summed E-state index contributed by atoms with van der Waals surface area (Å²) < 4.78 is 0. The zero-order chi connectivity index (χ0) is 10.3. The number of pyridine rings is 1. The zero-order valence-corrected chi connectivity index (χ0v) is 9.12. The van der Waals surface area contributed by atoms with Crippen molar-refractivity contribution in [1.82, 2.24) is 4.98 Å². The van der Waals surface area contributed by atoms with Crippen LogP contribution in [0, 0.1) is 18.8 Å². The molecule has 2 atom stereocenters. The summed E-state index contributed by atoms with van der Waals surface area (Å²) in [4.78, 5) is 4.30. The highest BCUT2D eigenvalue weighted by Crippen LogP contribution is 2.53. The van der Waals surface area contributed by atoms with Gasteiger partial charge in [-0.25, -0.2) is 0 Å². The Kier molecular flexibility index (Phi) is 2.11. The molecule has 0 spiro atoms. The molecular weight excluding hydrogens is 172 g/mol. The Bertz CT molecular complexity index is 329. The van der Waals surface area contributed by atoms with Gasteiger partial charge in [-0.2, -0.15) is 0 Å². The molecule has 0 bridgehead atoms. The highest BCUT2D eigenvalue weighted by atomic mass is 14.9. The summed E-state index contributed by atoms with van der Waals surface area (Å²) >= 11 is 0. The van der Waals surface area contributed by atoms with Gasteiger partial charge in [0, 0.05) is 17.4 Å². The first-order valence-electron chi connectivity index (χ1n) is 5.26. The van der Waals surface area contributed by atoms with Crippen LogP contribution in [0.3, 0.4) is 0 Å². The van der Waals surface area contributed by atoms with Crippen molar-refractivity contribution in [2.45, 2.75) is 32.7 Å². The number of aromatic nitrogens is 1. The molecule has 0 saturated heterocycles. The normalized spacial score (nSPS) is 30.8. The molecule has 1 aromatic rings. The molecule has 1 aliphatic rings. The molecule has 1 fully saturated rings. The first-order valence-corrected chi connectivity index (χ1v) is 5.26. The van der Waals surface area contributed by atoms with Crippen LogP contribution >= 0.6 is 0 Å². The average molecular weight is 190 g/mol. The van der Waals surface area contributed by atoms with E-state index in [-0.39, 0.29) is 5.54 Å². The van der Waals surface area contributed by atoms with Gasteiger partial charge in [-0.05, 0) is 36.8 Å². The van der Waals surface area contributed by atoms with Crippen molar-refractivity contribution < 1.29 is 0 Å². The molecule has 2 heteroatoms. The third-order valence-electron chi connectivity index (χ3n) is 3.31.